The molecule has 0 atom stereocenters. The average molecular weight is 248 g/mol. The lowest BCUT2D eigenvalue weighted by atomic mass is 9.98. The Morgan fingerprint density at radius 2 is 2.18 bits per heavy atom. The molecular weight excluding hydrogens is 234 g/mol. The third-order valence-electron chi connectivity index (χ3n) is 3.19. The number of aromatic amines is 1. The average Bonchev–Trinajstić information content (AvgIpc) is 2.59. The number of H-pyrrole nitrogens is 1. The SMILES string of the molecule is Cc1[nH]c(-c2cccc(Cl)c2)nc1C1CNC1. The van der Waals surface area contributed by atoms with E-state index in [9.17, 15) is 0 Å². The largest absolute Gasteiger partial charge is 0.342 e. The van der Waals surface area contributed by atoms with Gasteiger partial charge in [-0.05, 0) is 19.1 Å². The smallest absolute Gasteiger partial charge is 0.137 e. The van der Waals surface area contributed by atoms with Gasteiger partial charge < -0.3 is 10.3 Å². The van der Waals surface area contributed by atoms with Gasteiger partial charge in [0.2, 0.25) is 0 Å². The summed E-state index contributed by atoms with van der Waals surface area (Å²) in [5, 5.41) is 4.01. The molecule has 4 heteroatoms. The van der Waals surface area contributed by atoms with Crippen molar-refractivity contribution in [3.63, 3.8) is 0 Å². The Hall–Kier alpha value is -1.32. The molecule has 3 rings (SSSR count). The van der Waals surface area contributed by atoms with E-state index in [0.717, 1.165) is 35.2 Å². The van der Waals surface area contributed by atoms with Crippen LogP contribution >= 0.6 is 11.6 Å². The lowest BCUT2D eigenvalue weighted by Crippen LogP contribution is -2.40. The Morgan fingerprint density at radius 3 is 2.82 bits per heavy atom. The first kappa shape index (κ1) is 10.8. The van der Waals surface area contributed by atoms with Crippen LogP contribution in [-0.2, 0) is 0 Å². The molecule has 0 radical (unpaired) electrons. The summed E-state index contributed by atoms with van der Waals surface area (Å²) in [6.07, 6.45) is 0. The molecule has 1 aromatic heterocycles. The van der Waals surface area contributed by atoms with E-state index in [1.54, 1.807) is 0 Å². The molecule has 17 heavy (non-hydrogen) atoms. The van der Waals surface area contributed by atoms with E-state index >= 15 is 0 Å². The normalized spacial score (nSPS) is 15.9. The van der Waals surface area contributed by atoms with E-state index in [0.29, 0.717) is 5.92 Å². The highest BCUT2D eigenvalue weighted by molar-refractivity contribution is 6.30. The van der Waals surface area contributed by atoms with Crippen molar-refractivity contribution in [1.82, 2.24) is 15.3 Å². The molecule has 1 fully saturated rings. The second-order valence-electron chi connectivity index (χ2n) is 4.46. The summed E-state index contributed by atoms with van der Waals surface area (Å²) in [4.78, 5) is 8.03. The van der Waals surface area contributed by atoms with Gasteiger partial charge in [0.1, 0.15) is 5.82 Å². The van der Waals surface area contributed by atoms with Gasteiger partial charge in [-0.3, -0.25) is 0 Å². The second kappa shape index (κ2) is 4.17. The molecule has 2 N–H and O–H groups in total. The third kappa shape index (κ3) is 1.96. The third-order valence-corrected chi connectivity index (χ3v) is 3.42. The Kier molecular flexibility index (Phi) is 2.65. The van der Waals surface area contributed by atoms with Crippen molar-refractivity contribution in [2.45, 2.75) is 12.8 Å². The fourth-order valence-corrected chi connectivity index (χ4v) is 2.32. The van der Waals surface area contributed by atoms with Gasteiger partial charge in [-0.2, -0.15) is 0 Å². The van der Waals surface area contributed by atoms with Gasteiger partial charge in [0, 0.05) is 35.3 Å². The number of aromatic nitrogens is 2. The van der Waals surface area contributed by atoms with Crippen molar-refractivity contribution >= 4 is 11.6 Å². The monoisotopic (exact) mass is 247 g/mol. The van der Waals surface area contributed by atoms with E-state index in [4.69, 9.17) is 11.6 Å². The number of hydrogen-bond acceptors (Lipinski definition) is 2. The maximum Gasteiger partial charge on any atom is 0.137 e. The molecule has 0 unspecified atom stereocenters. The van der Waals surface area contributed by atoms with Gasteiger partial charge in [-0.15, -0.1) is 0 Å². The van der Waals surface area contributed by atoms with Crippen molar-refractivity contribution in [1.29, 1.82) is 0 Å². The number of nitrogens with one attached hydrogen (secondary N) is 2. The van der Waals surface area contributed by atoms with E-state index < -0.39 is 0 Å². The molecule has 1 saturated heterocycles. The van der Waals surface area contributed by atoms with Gasteiger partial charge in [0.05, 0.1) is 5.69 Å². The molecule has 0 amide bonds. The van der Waals surface area contributed by atoms with Crippen LogP contribution in [0.1, 0.15) is 17.3 Å². The van der Waals surface area contributed by atoms with Crippen molar-refractivity contribution < 1.29 is 0 Å². The lowest BCUT2D eigenvalue weighted by molar-refractivity contribution is 0.439. The zero-order valence-corrected chi connectivity index (χ0v) is 10.4. The molecule has 0 aliphatic carbocycles. The Labute approximate surface area is 105 Å². The fourth-order valence-electron chi connectivity index (χ4n) is 2.13. The van der Waals surface area contributed by atoms with Gasteiger partial charge >= 0.3 is 0 Å². The standard InChI is InChI=1S/C13H14ClN3/c1-8-12(10-6-15-7-10)17-13(16-8)9-3-2-4-11(14)5-9/h2-5,10,15H,6-7H2,1H3,(H,16,17). The molecule has 0 bridgehead atoms. The zero-order chi connectivity index (χ0) is 11.8. The lowest BCUT2D eigenvalue weighted by Gasteiger charge is -2.25. The minimum atomic E-state index is 0.555. The van der Waals surface area contributed by atoms with Crippen LogP contribution < -0.4 is 5.32 Å². The van der Waals surface area contributed by atoms with Gasteiger partial charge in [0.25, 0.3) is 0 Å². The summed E-state index contributed by atoms with van der Waals surface area (Å²) in [6.45, 7) is 4.13. The molecule has 3 nitrogen and oxygen atoms in total. The quantitative estimate of drug-likeness (QED) is 0.857. The van der Waals surface area contributed by atoms with Crippen molar-refractivity contribution in [3.05, 3.63) is 40.7 Å². The summed E-state index contributed by atoms with van der Waals surface area (Å²) in [5.74, 6) is 1.46. The van der Waals surface area contributed by atoms with E-state index in [1.165, 1.54) is 5.69 Å². The molecule has 88 valence electrons. The van der Waals surface area contributed by atoms with E-state index in [1.807, 2.05) is 24.3 Å². The molecular formula is C13H14ClN3. The summed E-state index contributed by atoms with van der Waals surface area (Å²) in [5.41, 5.74) is 3.38. The summed E-state index contributed by atoms with van der Waals surface area (Å²) in [7, 11) is 0. The first-order chi connectivity index (χ1) is 8.24. The highest BCUT2D eigenvalue weighted by Gasteiger charge is 2.24. The minimum absolute atomic E-state index is 0.555. The number of benzene rings is 1. The topological polar surface area (TPSA) is 40.7 Å². The van der Waals surface area contributed by atoms with Gasteiger partial charge in [-0.25, -0.2) is 4.98 Å². The Morgan fingerprint density at radius 1 is 1.35 bits per heavy atom. The molecule has 2 aromatic rings. The number of aryl methyl sites for hydroxylation is 1. The maximum atomic E-state index is 5.99. The van der Waals surface area contributed by atoms with Crippen molar-refractivity contribution in [2.24, 2.45) is 0 Å². The van der Waals surface area contributed by atoms with Crippen molar-refractivity contribution in [2.75, 3.05) is 13.1 Å². The first-order valence-electron chi connectivity index (χ1n) is 5.77. The van der Waals surface area contributed by atoms with Crippen molar-refractivity contribution in [3.8, 4) is 11.4 Å². The number of rotatable bonds is 2. The molecule has 1 aliphatic rings. The highest BCUT2D eigenvalue weighted by atomic mass is 35.5. The molecule has 2 heterocycles. The van der Waals surface area contributed by atoms with Crippen LogP contribution in [0.2, 0.25) is 5.02 Å². The van der Waals surface area contributed by atoms with Crippen LogP contribution in [0.4, 0.5) is 0 Å². The van der Waals surface area contributed by atoms with Crippen LogP contribution in [0.15, 0.2) is 24.3 Å². The number of nitrogens with zero attached hydrogens (tertiary/aromatic N) is 1. The zero-order valence-electron chi connectivity index (χ0n) is 9.63. The Bertz CT molecular complexity index is 543. The van der Waals surface area contributed by atoms with Crippen LogP contribution in [0.5, 0.6) is 0 Å². The molecule has 1 aliphatic heterocycles. The number of hydrogen-bond donors (Lipinski definition) is 2. The van der Waals surface area contributed by atoms with Crippen LogP contribution in [0, 0.1) is 6.92 Å². The maximum absolute atomic E-state index is 5.99. The minimum Gasteiger partial charge on any atom is -0.342 e. The Balaban J connectivity index is 1.98. The number of imidazole rings is 1. The predicted octanol–water partition coefficient (Wildman–Crippen LogP) is 2.73. The van der Waals surface area contributed by atoms with Crippen LogP contribution in [0.25, 0.3) is 11.4 Å². The van der Waals surface area contributed by atoms with Crippen LogP contribution in [0.3, 0.4) is 0 Å². The first-order valence-corrected chi connectivity index (χ1v) is 6.15. The van der Waals surface area contributed by atoms with E-state index in [2.05, 4.69) is 22.2 Å². The summed E-state index contributed by atoms with van der Waals surface area (Å²) >= 11 is 5.99. The van der Waals surface area contributed by atoms with Crippen LogP contribution in [-0.4, -0.2) is 23.1 Å². The molecule has 0 spiro atoms. The summed E-state index contributed by atoms with van der Waals surface area (Å²) in [6, 6.07) is 7.77. The van der Waals surface area contributed by atoms with Gasteiger partial charge in [-0.1, -0.05) is 23.7 Å². The van der Waals surface area contributed by atoms with E-state index in [-0.39, 0.29) is 0 Å². The molecule has 0 saturated carbocycles. The highest BCUT2D eigenvalue weighted by Crippen LogP contribution is 2.26. The van der Waals surface area contributed by atoms with Gasteiger partial charge in [0.15, 0.2) is 0 Å². The molecule has 1 aromatic carbocycles. The second-order valence-corrected chi connectivity index (χ2v) is 4.90. The fraction of sp³-hybridized carbons (Fsp3) is 0.308. The number of halogens is 1. The predicted molar refractivity (Wildman–Crippen MR) is 69.4 cm³/mol. The summed E-state index contributed by atoms with van der Waals surface area (Å²) < 4.78 is 0.